The van der Waals surface area contributed by atoms with Crippen molar-refractivity contribution in [3.05, 3.63) is 0 Å². The molecule has 0 spiro atoms. The van der Waals surface area contributed by atoms with Crippen LogP contribution in [-0.2, 0) is 4.74 Å². The van der Waals surface area contributed by atoms with Crippen molar-refractivity contribution in [1.29, 1.82) is 0 Å². The van der Waals surface area contributed by atoms with Crippen LogP contribution in [0.2, 0.25) is 0 Å². The lowest BCUT2D eigenvalue weighted by Gasteiger charge is -2.37. The Morgan fingerprint density at radius 1 is 1.00 bits per heavy atom. The highest BCUT2D eigenvalue weighted by molar-refractivity contribution is 5.85. The fraction of sp³-hybridized carbons (Fsp3) is 1.00. The maximum Gasteiger partial charge on any atom is 0.184 e. The minimum Gasteiger partial charge on any atom is -0.388 e. The van der Waals surface area contributed by atoms with Gasteiger partial charge in [0.25, 0.3) is 0 Å². The molecule has 80 valence electrons. The van der Waals surface area contributed by atoms with E-state index < -0.39 is 30.7 Å². The van der Waals surface area contributed by atoms with E-state index in [1.165, 1.54) is 0 Å². The van der Waals surface area contributed by atoms with Crippen molar-refractivity contribution < 1.29 is 25.2 Å². The highest BCUT2D eigenvalue weighted by Crippen LogP contribution is 2.18. The van der Waals surface area contributed by atoms with Gasteiger partial charge < -0.3 is 30.9 Å². The first-order valence-electron chi connectivity index (χ1n) is 3.65. The number of nitrogens with two attached hydrogens (primary N) is 1. The van der Waals surface area contributed by atoms with Crippen molar-refractivity contribution in [1.82, 2.24) is 0 Å². The molecule has 0 aromatic heterocycles. The molecule has 1 fully saturated rings. The Kier molecular flexibility index (Phi) is 5.08. The Balaban J connectivity index is 0.00000144. The molecule has 1 rings (SSSR count). The van der Waals surface area contributed by atoms with Crippen molar-refractivity contribution in [3.8, 4) is 0 Å². The highest BCUT2D eigenvalue weighted by atomic mass is 35.5. The molecule has 0 aromatic rings. The molecule has 0 saturated carbocycles. The maximum atomic E-state index is 9.20. The summed E-state index contributed by atoms with van der Waals surface area (Å²) in [6.45, 7) is -0.0258. The SMILES string of the molecule is Cl.NCC1OC(O)C(O)[C@@H](O)[C@@H]1O. The number of halogens is 1. The summed E-state index contributed by atoms with van der Waals surface area (Å²) in [5.74, 6) is 0. The van der Waals surface area contributed by atoms with Crippen molar-refractivity contribution in [2.24, 2.45) is 5.73 Å². The first-order valence-corrected chi connectivity index (χ1v) is 3.65. The number of hydrogen-bond donors (Lipinski definition) is 5. The van der Waals surface area contributed by atoms with Gasteiger partial charge in [-0.25, -0.2) is 0 Å². The summed E-state index contributed by atoms with van der Waals surface area (Å²) >= 11 is 0. The van der Waals surface area contributed by atoms with Crippen LogP contribution in [0.15, 0.2) is 0 Å². The van der Waals surface area contributed by atoms with Gasteiger partial charge in [0.15, 0.2) is 6.29 Å². The van der Waals surface area contributed by atoms with E-state index >= 15 is 0 Å². The van der Waals surface area contributed by atoms with Gasteiger partial charge in [-0.2, -0.15) is 0 Å². The fourth-order valence-corrected chi connectivity index (χ4v) is 1.13. The molecule has 0 aliphatic carbocycles. The van der Waals surface area contributed by atoms with E-state index in [0.29, 0.717) is 0 Å². The molecule has 7 heteroatoms. The van der Waals surface area contributed by atoms with Crippen LogP contribution in [0.5, 0.6) is 0 Å². The quantitative estimate of drug-likeness (QED) is 0.322. The molecule has 1 saturated heterocycles. The van der Waals surface area contributed by atoms with E-state index in [0.717, 1.165) is 0 Å². The smallest absolute Gasteiger partial charge is 0.184 e. The van der Waals surface area contributed by atoms with E-state index in [1.807, 2.05) is 0 Å². The molecule has 13 heavy (non-hydrogen) atoms. The second-order valence-electron chi connectivity index (χ2n) is 2.77. The third-order valence-electron chi connectivity index (χ3n) is 1.92. The van der Waals surface area contributed by atoms with Gasteiger partial charge in [-0.1, -0.05) is 0 Å². The molecule has 6 nitrogen and oxygen atoms in total. The lowest BCUT2D eigenvalue weighted by Crippen LogP contribution is -2.59. The van der Waals surface area contributed by atoms with Gasteiger partial charge in [0.2, 0.25) is 0 Å². The first kappa shape index (κ1) is 13.1. The number of rotatable bonds is 1. The molecule has 1 aliphatic heterocycles. The van der Waals surface area contributed by atoms with E-state index in [1.54, 1.807) is 0 Å². The minimum absolute atomic E-state index is 0. The van der Waals surface area contributed by atoms with E-state index in [4.69, 9.17) is 25.8 Å². The third kappa shape index (κ3) is 2.50. The zero-order chi connectivity index (χ0) is 9.30. The maximum absolute atomic E-state index is 9.20. The second-order valence-corrected chi connectivity index (χ2v) is 2.77. The van der Waals surface area contributed by atoms with Gasteiger partial charge in [-0.3, -0.25) is 0 Å². The molecular formula is C6H14ClNO5. The molecular weight excluding hydrogens is 202 g/mol. The molecule has 5 atom stereocenters. The molecule has 0 amide bonds. The third-order valence-corrected chi connectivity index (χ3v) is 1.92. The van der Waals surface area contributed by atoms with Gasteiger partial charge in [0.1, 0.15) is 24.4 Å². The molecule has 0 radical (unpaired) electrons. The molecule has 0 aromatic carbocycles. The Labute approximate surface area is 81.3 Å². The average molecular weight is 216 g/mol. The monoisotopic (exact) mass is 215 g/mol. The fourth-order valence-electron chi connectivity index (χ4n) is 1.13. The Morgan fingerprint density at radius 3 is 2.00 bits per heavy atom. The van der Waals surface area contributed by atoms with Crippen molar-refractivity contribution >= 4 is 12.4 Å². The van der Waals surface area contributed by atoms with Crippen LogP contribution in [0.3, 0.4) is 0 Å². The predicted molar refractivity (Wildman–Crippen MR) is 45.2 cm³/mol. The summed E-state index contributed by atoms with van der Waals surface area (Å²) in [7, 11) is 0. The number of hydrogen-bond acceptors (Lipinski definition) is 6. The zero-order valence-corrected chi connectivity index (χ0v) is 7.59. The van der Waals surface area contributed by atoms with E-state index in [-0.39, 0.29) is 19.0 Å². The minimum atomic E-state index is -1.49. The lowest BCUT2D eigenvalue weighted by molar-refractivity contribution is -0.279. The Bertz CT molecular complexity index is 155. The van der Waals surface area contributed by atoms with E-state index in [9.17, 15) is 5.11 Å². The van der Waals surface area contributed by atoms with Crippen LogP contribution >= 0.6 is 12.4 Å². The van der Waals surface area contributed by atoms with Gasteiger partial charge in [0, 0.05) is 6.54 Å². The normalized spacial score (nSPS) is 45.5. The Morgan fingerprint density at radius 2 is 1.54 bits per heavy atom. The summed E-state index contributed by atoms with van der Waals surface area (Å²) in [5.41, 5.74) is 5.17. The van der Waals surface area contributed by atoms with Gasteiger partial charge in [-0.15, -0.1) is 12.4 Å². The molecule has 6 N–H and O–H groups in total. The molecule has 3 unspecified atom stereocenters. The van der Waals surface area contributed by atoms with Crippen LogP contribution in [0.25, 0.3) is 0 Å². The van der Waals surface area contributed by atoms with Crippen LogP contribution < -0.4 is 5.73 Å². The van der Waals surface area contributed by atoms with Crippen LogP contribution in [0.4, 0.5) is 0 Å². The van der Waals surface area contributed by atoms with Crippen LogP contribution in [-0.4, -0.2) is 57.7 Å². The predicted octanol–water partition coefficient (Wildman–Crippen LogP) is -2.83. The summed E-state index contributed by atoms with van der Waals surface area (Å²) in [6, 6.07) is 0. The average Bonchev–Trinajstić information content (AvgIpc) is 2.08. The van der Waals surface area contributed by atoms with E-state index in [2.05, 4.69) is 0 Å². The highest BCUT2D eigenvalue weighted by Gasteiger charge is 2.42. The summed E-state index contributed by atoms with van der Waals surface area (Å²) < 4.78 is 4.70. The van der Waals surface area contributed by atoms with Crippen LogP contribution in [0.1, 0.15) is 0 Å². The topological polar surface area (TPSA) is 116 Å². The zero-order valence-electron chi connectivity index (χ0n) is 6.78. The first-order chi connectivity index (χ1) is 5.57. The second kappa shape index (κ2) is 5.06. The van der Waals surface area contributed by atoms with Gasteiger partial charge in [0.05, 0.1) is 0 Å². The summed E-state index contributed by atoms with van der Waals surface area (Å²) in [5, 5.41) is 36.3. The Hall–Kier alpha value is 0.0500. The van der Waals surface area contributed by atoms with Gasteiger partial charge in [-0.05, 0) is 0 Å². The standard InChI is InChI=1S/C6H13NO5.ClH/c7-1-2-3(8)4(9)5(10)6(11)12-2;/h2-6,8-11H,1,7H2;1H/t2?,3-,4+,5?,6?;/m1./s1. The molecule has 0 bridgehead atoms. The van der Waals surface area contributed by atoms with Crippen molar-refractivity contribution in [3.63, 3.8) is 0 Å². The number of aliphatic hydroxyl groups excluding tert-OH is 4. The summed E-state index contributed by atoms with van der Waals surface area (Å²) in [6.07, 6.45) is -6.48. The molecule has 1 aliphatic rings. The van der Waals surface area contributed by atoms with Crippen molar-refractivity contribution in [2.45, 2.75) is 30.7 Å². The number of ether oxygens (including phenoxy) is 1. The van der Waals surface area contributed by atoms with Crippen LogP contribution in [0, 0.1) is 0 Å². The summed E-state index contributed by atoms with van der Waals surface area (Å²) in [4.78, 5) is 0. The van der Waals surface area contributed by atoms with Crippen molar-refractivity contribution in [2.75, 3.05) is 6.54 Å². The molecule has 1 heterocycles. The number of aliphatic hydroxyl groups is 4. The lowest BCUT2D eigenvalue weighted by atomic mass is 9.99. The van der Waals surface area contributed by atoms with Gasteiger partial charge >= 0.3 is 0 Å². The largest absolute Gasteiger partial charge is 0.388 e.